The molecule has 0 aliphatic carbocycles. The van der Waals surface area contributed by atoms with Crippen molar-refractivity contribution in [2.75, 3.05) is 13.1 Å². The highest BCUT2D eigenvalue weighted by molar-refractivity contribution is 5.94. The van der Waals surface area contributed by atoms with Gasteiger partial charge < -0.3 is 16.4 Å². The first-order chi connectivity index (χ1) is 12.0. The zero-order valence-electron chi connectivity index (χ0n) is 14.5. The van der Waals surface area contributed by atoms with Crippen LogP contribution in [0.25, 0.3) is 0 Å². The van der Waals surface area contributed by atoms with Gasteiger partial charge in [0.1, 0.15) is 5.82 Å². The minimum Gasteiger partial charge on any atom is -0.354 e. The van der Waals surface area contributed by atoms with Gasteiger partial charge in [0.2, 0.25) is 5.91 Å². The van der Waals surface area contributed by atoms with Gasteiger partial charge in [-0.25, -0.2) is 4.39 Å². The SMILES string of the molecule is Cc1ccc(C(=O)NCCNC(=O)CC(N)c2ccccc2)cc1F.Cl. The predicted molar refractivity (Wildman–Crippen MR) is 102 cm³/mol. The zero-order chi connectivity index (χ0) is 18.2. The van der Waals surface area contributed by atoms with Gasteiger partial charge in [-0.15, -0.1) is 12.4 Å². The molecule has 0 bridgehead atoms. The summed E-state index contributed by atoms with van der Waals surface area (Å²) in [7, 11) is 0. The number of carbonyl (C=O) groups excluding carboxylic acids is 2. The molecular formula is C19H23ClFN3O2. The van der Waals surface area contributed by atoms with Crippen LogP contribution in [0.3, 0.4) is 0 Å². The number of rotatable bonds is 7. The smallest absolute Gasteiger partial charge is 0.251 e. The second-order valence-electron chi connectivity index (χ2n) is 5.79. The first-order valence-electron chi connectivity index (χ1n) is 8.09. The first kappa shape index (κ1) is 21.6. The fourth-order valence-corrected chi connectivity index (χ4v) is 2.30. The van der Waals surface area contributed by atoms with E-state index in [-0.39, 0.29) is 55.3 Å². The molecule has 4 N–H and O–H groups in total. The van der Waals surface area contributed by atoms with Crippen molar-refractivity contribution in [1.29, 1.82) is 0 Å². The molecule has 0 radical (unpaired) electrons. The van der Waals surface area contributed by atoms with Crippen LogP contribution in [-0.4, -0.2) is 24.9 Å². The molecule has 2 aromatic rings. The highest BCUT2D eigenvalue weighted by atomic mass is 35.5. The Bertz CT molecular complexity index is 741. The number of hydrogen-bond acceptors (Lipinski definition) is 3. The fraction of sp³-hybridized carbons (Fsp3) is 0.263. The average molecular weight is 380 g/mol. The van der Waals surface area contributed by atoms with Crippen molar-refractivity contribution in [3.63, 3.8) is 0 Å². The van der Waals surface area contributed by atoms with Crippen LogP contribution in [0.1, 0.15) is 33.9 Å². The minimum atomic E-state index is -0.421. The van der Waals surface area contributed by atoms with E-state index in [0.717, 1.165) is 5.56 Å². The topological polar surface area (TPSA) is 84.2 Å². The molecule has 1 atom stereocenters. The standard InChI is InChI=1S/C19H22FN3O2.ClH/c1-13-7-8-15(11-16(13)20)19(25)23-10-9-22-18(24)12-17(21)14-5-3-2-4-6-14;/h2-8,11,17H,9-10,12,21H2,1H3,(H,22,24)(H,23,25);1H. The molecule has 0 saturated heterocycles. The van der Waals surface area contributed by atoms with E-state index in [0.29, 0.717) is 5.56 Å². The van der Waals surface area contributed by atoms with Crippen LogP contribution in [0.15, 0.2) is 48.5 Å². The zero-order valence-corrected chi connectivity index (χ0v) is 15.3. The molecule has 5 nitrogen and oxygen atoms in total. The van der Waals surface area contributed by atoms with Crippen LogP contribution in [-0.2, 0) is 4.79 Å². The van der Waals surface area contributed by atoms with Gasteiger partial charge in [0.05, 0.1) is 0 Å². The third kappa shape index (κ3) is 6.46. The van der Waals surface area contributed by atoms with Gasteiger partial charge in [0, 0.05) is 31.1 Å². The molecule has 0 fully saturated rings. The summed E-state index contributed by atoms with van der Waals surface area (Å²) in [4.78, 5) is 23.8. The van der Waals surface area contributed by atoms with E-state index in [1.807, 2.05) is 30.3 Å². The van der Waals surface area contributed by atoms with Gasteiger partial charge in [0.15, 0.2) is 0 Å². The molecule has 0 aliphatic rings. The van der Waals surface area contributed by atoms with E-state index in [9.17, 15) is 14.0 Å². The quantitative estimate of drug-likeness (QED) is 0.646. The average Bonchev–Trinajstić information content (AvgIpc) is 2.61. The van der Waals surface area contributed by atoms with Crippen LogP contribution in [0.4, 0.5) is 4.39 Å². The molecule has 0 aromatic heterocycles. The number of carbonyl (C=O) groups is 2. The third-order valence-corrected chi connectivity index (χ3v) is 3.80. The molecule has 0 heterocycles. The van der Waals surface area contributed by atoms with Crippen molar-refractivity contribution >= 4 is 24.2 Å². The molecule has 26 heavy (non-hydrogen) atoms. The van der Waals surface area contributed by atoms with E-state index in [1.165, 1.54) is 6.07 Å². The van der Waals surface area contributed by atoms with E-state index >= 15 is 0 Å². The van der Waals surface area contributed by atoms with E-state index in [1.54, 1.807) is 19.1 Å². The Labute approximate surface area is 158 Å². The van der Waals surface area contributed by atoms with E-state index in [2.05, 4.69) is 10.6 Å². The van der Waals surface area contributed by atoms with E-state index in [4.69, 9.17) is 5.73 Å². The first-order valence-corrected chi connectivity index (χ1v) is 8.09. The minimum absolute atomic E-state index is 0. The van der Waals surface area contributed by atoms with Gasteiger partial charge in [-0.2, -0.15) is 0 Å². The van der Waals surface area contributed by atoms with Crippen LogP contribution >= 0.6 is 12.4 Å². The second-order valence-corrected chi connectivity index (χ2v) is 5.79. The molecule has 2 amide bonds. The summed E-state index contributed by atoms with van der Waals surface area (Å²) in [5.74, 6) is -0.989. The van der Waals surface area contributed by atoms with Gasteiger partial charge in [-0.3, -0.25) is 9.59 Å². The van der Waals surface area contributed by atoms with Gasteiger partial charge >= 0.3 is 0 Å². The predicted octanol–water partition coefficient (Wildman–Crippen LogP) is 2.49. The summed E-state index contributed by atoms with van der Waals surface area (Å²) >= 11 is 0. The number of hydrogen-bond donors (Lipinski definition) is 3. The monoisotopic (exact) mass is 379 g/mol. The van der Waals surface area contributed by atoms with Crippen molar-refractivity contribution in [3.8, 4) is 0 Å². The second kappa shape index (κ2) is 10.5. The summed E-state index contributed by atoms with van der Waals surface area (Å²) in [5, 5.41) is 5.34. The maximum Gasteiger partial charge on any atom is 0.251 e. The molecule has 2 aromatic carbocycles. The number of nitrogens with one attached hydrogen (secondary N) is 2. The van der Waals surface area contributed by atoms with Gasteiger partial charge in [-0.05, 0) is 30.2 Å². The molecule has 7 heteroatoms. The molecule has 2 rings (SSSR count). The van der Waals surface area contributed by atoms with E-state index < -0.39 is 5.82 Å². The Hall–Kier alpha value is -2.44. The summed E-state index contributed by atoms with van der Waals surface area (Å²) in [5.41, 5.74) is 7.62. The fourth-order valence-electron chi connectivity index (χ4n) is 2.30. The molecule has 0 spiro atoms. The van der Waals surface area contributed by atoms with Crippen LogP contribution < -0.4 is 16.4 Å². The van der Waals surface area contributed by atoms with Crippen molar-refractivity contribution in [3.05, 3.63) is 71.0 Å². The highest BCUT2D eigenvalue weighted by Crippen LogP contribution is 2.12. The summed E-state index contributed by atoms with van der Waals surface area (Å²) in [6.45, 7) is 2.16. The Morgan fingerprint density at radius 1 is 1.08 bits per heavy atom. The van der Waals surface area contributed by atoms with Crippen molar-refractivity contribution in [1.82, 2.24) is 10.6 Å². The molecule has 0 saturated carbocycles. The normalized spacial score (nSPS) is 11.2. The van der Waals surface area contributed by atoms with Crippen molar-refractivity contribution in [2.45, 2.75) is 19.4 Å². The van der Waals surface area contributed by atoms with Crippen molar-refractivity contribution < 1.29 is 14.0 Å². The molecule has 1 unspecified atom stereocenters. The lowest BCUT2D eigenvalue weighted by atomic mass is 10.0. The Morgan fingerprint density at radius 2 is 1.73 bits per heavy atom. The van der Waals surface area contributed by atoms with Crippen LogP contribution in [0, 0.1) is 12.7 Å². The lowest BCUT2D eigenvalue weighted by molar-refractivity contribution is -0.121. The molecule has 0 aliphatic heterocycles. The summed E-state index contributed by atoms with van der Waals surface area (Å²) in [6.07, 6.45) is 0.168. The van der Waals surface area contributed by atoms with Crippen LogP contribution in [0.5, 0.6) is 0 Å². The molecular weight excluding hydrogens is 357 g/mol. The number of amides is 2. The maximum atomic E-state index is 13.4. The van der Waals surface area contributed by atoms with Gasteiger partial charge in [0.25, 0.3) is 5.91 Å². The Morgan fingerprint density at radius 3 is 2.38 bits per heavy atom. The number of halogens is 2. The summed E-state index contributed by atoms with van der Waals surface area (Å²) < 4.78 is 13.4. The Balaban J connectivity index is 0.00000338. The van der Waals surface area contributed by atoms with Gasteiger partial charge in [-0.1, -0.05) is 36.4 Å². The number of benzene rings is 2. The lowest BCUT2D eigenvalue weighted by Gasteiger charge is -2.12. The Kier molecular flexibility index (Phi) is 8.75. The van der Waals surface area contributed by atoms with Crippen molar-refractivity contribution in [2.24, 2.45) is 5.73 Å². The van der Waals surface area contributed by atoms with Crippen LogP contribution in [0.2, 0.25) is 0 Å². The number of nitrogens with two attached hydrogens (primary N) is 1. The molecule has 140 valence electrons. The number of aryl methyl sites for hydroxylation is 1. The largest absolute Gasteiger partial charge is 0.354 e. The third-order valence-electron chi connectivity index (χ3n) is 3.80. The maximum absolute atomic E-state index is 13.4. The lowest BCUT2D eigenvalue weighted by Crippen LogP contribution is -2.35. The highest BCUT2D eigenvalue weighted by Gasteiger charge is 2.11. The summed E-state index contributed by atoms with van der Waals surface area (Å²) in [6, 6.07) is 13.3.